The van der Waals surface area contributed by atoms with Crippen molar-refractivity contribution in [3.8, 4) is 5.75 Å². The fourth-order valence-electron chi connectivity index (χ4n) is 1.76. The fraction of sp³-hybridized carbons (Fsp3) is 0.647. The first-order valence-electron chi connectivity index (χ1n) is 7.64. The van der Waals surface area contributed by atoms with E-state index in [0.29, 0.717) is 12.0 Å². The molecule has 0 aromatic heterocycles. The maximum Gasteiger partial charge on any atom is 0.119 e. The van der Waals surface area contributed by atoms with Crippen LogP contribution in [0, 0.1) is 5.92 Å². The van der Waals surface area contributed by atoms with Crippen molar-refractivity contribution in [1.29, 1.82) is 0 Å². The molecule has 0 bridgehead atoms. The van der Waals surface area contributed by atoms with Gasteiger partial charge in [-0.15, -0.1) is 0 Å². The summed E-state index contributed by atoms with van der Waals surface area (Å²) < 4.78 is 5.73. The van der Waals surface area contributed by atoms with Crippen LogP contribution in [0.4, 0.5) is 0 Å². The van der Waals surface area contributed by atoms with Gasteiger partial charge in [0.15, 0.2) is 0 Å². The summed E-state index contributed by atoms with van der Waals surface area (Å²) in [5.41, 5.74) is 1.31. The molecule has 20 heavy (non-hydrogen) atoms. The van der Waals surface area contributed by atoms with Crippen molar-refractivity contribution in [3.05, 3.63) is 29.8 Å². The monoisotopic (exact) mass is 295 g/mol. The Morgan fingerprint density at radius 1 is 1.15 bits per heavy atom. The zero-order valence-corrected chi connectivity index (χ0v) is 14.1. The average molecular weight is 295 g/mol. The van der Waals surface area contributed by atoms with Gasteiger partial charge in [0, 0.05) is 18.3 Å². The Kier molecular flexibility index (Phi) is 8.79. The van der Waals surface area contributed by atoms with E-state index < -0.39 is 0 Å². The molecule has 1 rings (SSSR count). The molecule has 1 N–H and O–H groups in total. The summed E-state index contributed by atoms with van der Waals surface area (Å²) in [6, 6.07) is 9.00. The lowest BCUT2D eigenvalue weighted by molar-refractivity contribution is 0.289. The van der Waals surface area contributed by atoms with Gasteiger partial charge < -0.3 is 10.1 Å². The zero-order valence-electron chi connectivity index (χ0n) is 13.3. The van der Waals surface area contributed by atoms with E-state index in [1.165, 1.54) is 17.1 Å². The largest absolute Gasteiger partial charge is 0.494 e. The standard InChI is InChI=1S/C17H29NOS/c1-5-20-13-15(4)18-12-16-6-8-17(9-7-16)19-11-10-14(2)3/h6-9,14-15,18H,5,10-13H2,1-4H3. The van der Waals surface area contributed by atoms with Gasteiger partial charge in [0.25, 0.3) is 0 Å². The molecule has 0 aliphatic carbocycles. The van der Waals surface area contributed by atoms with E-state index in [2.05, 4.69) is 57.3 Å². The van der Waals surface area contributed by atoms with Crippen LogP contribution in [0.15, 0.2) is 24.3 Å². The molecular weight excluding hydrogens is 266 g/mol. The Morgan fingerprint density at radius 3 is 2.45 bits per heavy atom. The number of benzene rings is 1. The highest BCUT2D eigenvalue weighted by molar-refractivity contribution is 7.99. The highest BCUT2D eigenvalue weighted by atomic mass is 32.2. The molecule has 0 saturated heterocycles. The lowest BCUT2D eigenvalue weighted by atomic mass is 10.1. The van der Waals surface area contributed by atoms with Crippen molar-refractivity contribution in [2.75, 3.05) is 18.1 Å². The number of rotatable bonds is 10. The SMILES string of the molecule is CCSCC(C)NCc1ccc(OCCC(C)C)cc1. The number of hydrogen-bond acceptors (Lipinski definition) is 3. The van der Waals surface area contributed by atoms with Gasteiger partial charge in [0.1, 0.15) is 5.75 Å². The smallest absolute Gasteiger partial charge is 0.119 e. The maximum atomic E-state index is 5.73. The van der Waals surface area contributed by atoms with Crippen molar-refractivity contribution in [2.45, 2.75) is 46.7 Å². The quantitative estimate of drug-likeness (QED) is 0.693. The summed E-state index contributed by atoms with van der Waals surface area (Å²) in [6.45, 7) is 10.6. The first kappa shape index (κ1) is 17.4. The Balaban J connectivity index is 2.27. The third-order valence-electron chi connectivity index (χ3n) is 3.11. The summed E-state index contributed by atoms with van der Waals surface area (Å²) in [6.07, 6.45) is 1.11. The van der Waals surface area contributed by atoms with Crippen LogP contribution in [0.2, 0.25) is 0 Å². The van der Waals surface area contributed by atoms with Gasteiger partial charge in [-0.25, -0.2) is 0 Å². The molecular formula is C17H29NOS. The summed E-state index contributed by atoms with van der Waals surface area (Å²) in [7, 11) is 0. The molecule has 0 aliphatic rings. The Hall–Kier alpha value is -0.670. The summed E-state index contributed by atoms with van der Waals surface area (Å²) in [5, 5.41) is 3.55. The molecule has 0 aliphatic heterocycles. The third-order valence-corrected chi connectivity index (χ3v) is 4.26. The lowest BCUT2D eigenvalue weighted by Crippen LogP contribution is -2.27. The second-order valence-corrected chi connectivity index (χ2v) is 6.94. The number of ether oxygens (including phenoxy) is 1. The van der Waals surface area contributed by atoms with Crippen LogP contribution < -0.4 is 10.1 Å². The molecule has 1 aromatic rings. The molecule has 3 heteroatoms. The first-order chi connectivity index (χ1) is 9.61. The molecule has 114 valence electrons. The van der Waals surface area contributed by atoms with Gasteiger partial charge in [-0.2, -0.15) is 11.8 Å². The highest BCUT2D eigenvalue weighted by Gasteiger charge is 2.02. The van der Waals surface area contributed by atoms with Gasteiger partial charge in [0.2, 0.25) is 0 Å². The van der Waals surface area contributed by atoms with Gasteiger partial charge in [-0.3, -0.25) is 0 Å². The van der Waals surface area contributed by atoms with Crippen LogP contribution in [-0.4, -0.2) is 24.2 Å². The summed E-state index contributed by atoms with van der Waals surface area (Å²) in [5.74, 6) is 4.03. The second kappa shape index (κ2) is 10.1. The van der Waals surface area contributed by atoms with Gasteiger partial charge in [-0.05, 0) is 42.7 Å². The minimum atomic E-state index is 0.557. The van der Waals surface area contributed by atoms with Crippen LogP contribution >= 0.6 is 11.8 Å². The predicted octanol–water partition coefficient (Wildman–Crippen LogP) is 4.34. The molecule has 0 saturated carbocycles. The minimum Gasteiger partial charge on any atom is -0.494 e. The maximum absolute atomic E-state index is 5.73. The van der Waals surface area contributed by atoms with E-state index in [0.717, 1.165) is 25.3 Å². The topological polar surface area (TPSA) is 21.3 Å². The van der Waals surface area contributed by atoms with Crippen LogP contribution in [-0.2, 0) is 6.54 Å². The van der Waals surface area contributed by atoms with E-state index in [1.54, 1.807) is 0 Å². The van der Waals surface area contributed by atoms with Crippen molar-refractivity contribution in [3.63, 3.8) is 0 Å². The molecule has 0 amide bonds. The number of nitrogens with one attached hydrogen (secondary N) is 1. The Morgan fingerprint density at radius 2 is 1.85 bits per heavy atom. The number of thioether (sulfide) groups is 1. The van der Waals surface area contributed by atoms with Crippen LogP contribution in [0.3, 0.4) is 0 Å². The van der Waals surface area contributed by atoms with E-state index in [1.807, 2.05) is 11.8 Å². The highest BCUT2D eigenvalue weighted by Crippen LogP contribution is 2.13. The van der Waals surface area contributed by atoms with Crippen molar-refractivity contribution in [2.24, 2.45) is 5.92 Å². The summed E-state index contributed by atoms with van der Waals surface area (Å²) in [4.78, 5) is 0. The predicted molar refractivity (Wildman–Crippen MR) is 90.7 cm³/mol. The third kappa shape index (κ3) is 7.81. The number of hydrogen-bond donors (Lipinski definition) is 1. The second-order valence-electron chi connectivity index (χ2n) is 5.62. The average Bonchev–Trinajstić information content (AvgIpc) is 2.44. The molecule has 1 aromatic carbocycles. The first-order valence-corrected chi connectivity index (χ1v) is 8.80. The lowest BCUT2D eigenvalue weighted by Gasteiger charge is -2.13. The zero-order chi connectivity index (χ0) is 14.8. The molecule has 0 fully saturated rings. The van der Waals surface area contributed by atoms with E-state index >= 15 is 0 Å². The van der Waals surface area contributed by atoms with Gasteiger partial charge in [-0.1, -0.05) is 32.9 Å². The molecule has 0 radical (unpaired) electrons. The molecule has 0 spiro atoms. The van der Waals surface area contributed by atoms with Crippen LogP contribution in [0.1, 0.15) is 39.7 Å². The van der Waals surface area contributed by atoms with Crippen molar-refractivity contribution >= 4 is 11.8 Å². The van der Waals surface area contributed by atoms with Gasteiger partial charge >= 0.3 is 0 Å². The van der Waals surface area contributed by atoms with Crippen molar-refractivity contribution in [1.82, 2.24) is 5.32 Å². The summed E-state index contributed by atoms with van der Waals surface area (Å²) >= 11 is 1.98. The fourth-order valence-corrected chi connectivity index (χ4v) is 2.47. The normalized spacial score (nSPS) is 12.7. The van der Waals surface area contributed by atoms with Gasteiger partial charge in [0.05, 0.1) is 6.61 Å². The van der Waals surface area contributed by atoms with E-state index in [-0.39, 0.29) is 0 Å². The van der Waals surface area contributed by atoms with E-state index in [9.17, 15) is 0 Å². The van der Waals surface area contributed by atoms with Crippen LogP contribution in [0.25, 0.3) is 0 Å². The van der Waals surface area contributed by atoms with Crippen molar-refractivity contribution < 1.29 is 4.74 Å². The Labute approximate surface area is 128 Å². The van der Waals surface area contributed by atoms with Crippen LogP contribution in [0.5, 0.6) is 5.75 Å². The molecule has 2 nitrogen and oxygen atoms in total. The molecule has 1 unspecified atom stereocenters. The minimum absolute atomic E-state index is 0.557. The van der Waals surface area contributed by atoms with E-state index in [4.69, 9.17) is 4.74 Å². The molecule has 1 atom stereocenters. The Bertz CT molecular complexity index is 351. The molecule has 0 heterocycles.